The summed E-state index contributed by atoms with van der Waals surface area (Å²) in [5.41, 5.74) is 1.03. The number of esters is 1. The SMILES string of the molecule is CCOC(=O)[C@@H](F)CCc1ccccc1. The van der Waals surface area contributed by atoms with Crippen LogP contribution >= 0.6 is 0 Å². The van der Waals surface area contributed by atoms with Crippen molar-refractivity contribution in [3.63, 3.8) is 0 Å². The Labute approximate surface area is 89.1 Å². The monoisotopic (exact) mass is 210 g/mol. The van der Waals surface area contributed by atoms with Gasteiger partial charge < -0.3 is 4.74 Å². The van der Waals surface area contributed by atoms with E-state index in [-0.39, 0.29) is 13.0 Å². The highest BCUT2D eigenvalue weighted by atomic mass is 19.1. The zero-order chi connectivity index (χ0) is 11.1. The van der Waals surface area contributed by atoms with Crippen LogP contribution in [0.4, 0.5) is 4.39 Å². The van der Waals surface area contributed by atoms with Gasteiger partial charge in [-0.2, -0.15) is 0 Å². The van der Waals surface area contributed by atoms with Crippen molar-refractivity contribution in [2.75, 3.05) is 6.61 Å². The maximum Gasteiger partial charge on any atom is 0.340 e. The standard InChI is InChI=1S/C12H15FO2/c1-2-15-12(14)11(13)9-8-10-6-4-3-5-7-10/h3-7,11H,2,8-9H2,1H3/t11-/m0/s1. The lowest BCUT2D eigenvalue weighted by Gasteiger charge is -2.07. The molecular weight excluding hydrogens is 195 g/mol. The largest absolute Gasteiger partial charge is 0.464 e. The number of carbonyl (C=O) groups excluding carboxylic acids is 1. The first kappa shape index (κ1) is 11.7. The number of benzene rings is 1. The fraction of sp³-hybridized carbons (Fsp3) is 0.417. The minimum Gasteiger partial charge on any atom is -0.464 e. The predicted molar refractivity (Wildman–Crippen MR) is 56.3 cm³/mol. The van der Waals surface area contributed by atoms with Crippen LogP contribution in [0.2, 0.25) is 0 Å². The van der Waals surface area contributed by atoms with Crippen LogP contribution in [0.1, 0.15) is 18.9 Å². The van der Waals surface area contributed by atoms with Gasteiger partial charge in [0.05, 0.1) is 6.61 Å². The molecule has 3 heteroatoms. The smallest absolute Gasteiger partial charge is 0.340 e. The molecule has 0 amide bonds. The van der Waals surface area contributed by atoms with E-state index in [9.17, 15) is 9.18 Å². The summed E-state index contributed by atoms with van der Waals surface area (Å²) < 4.78 is 17.8. The lowest BCUT2D eigenvalue weighted by Crippen LogP contribution is -2.19. The van der Waals surface area contributed by atoms with E-state index in [1.807, 2.05) is 30.3 Å². The quantitative estimate of drug-likeness (QED) is 0.698. The van der Waals surface area contributed by atoms with Crippen LogP contribution in [0.5, 0.6) is 0 Å². The van der Waals surface area contributed by atoms with Gasteiger partial charge in [0.2, 0.25) is 0 Å². The van der Waals surface area contributed by atoms with Gasteiger partial charge in [-0.1, -0.05) is 30.3 Å². The number of alkyl halides is 1. The Bertz CT molecular complexity index is 298. The topological polar surface area (TPSA) is 26.3 Å². The predicted octanol–water partition coefficient (Wildman–Crippen LogP) is 2.52. The van der Waals surface area contributed by atoms with Crippen LogP contribution in [0.25, 0.3) is 0 Å². The summed E-state index contributed by atoms with van der Waals surface area (Å²) in [7, 11) is 0. The summed E-state index contributed by atoms with van der Waals surface area (Å²) in [4.78, 5) is 11.0. The summed E-state index contributed by atoms with van der Waals surface area (Å²) in [5.74, 6) is -0.756. The van der Waals surface area contributed by atoms with E-state index in [0.29, 0.717) is 6.42 Å². The minimum absolute atomic E-state index is 0.183. The molecule has 15 heavy (non-hydrogen) atoms. The van der Waals surface area contributed by atoms with Crippen LogP contribution in [0.3, 0.4) is 0 Å². The summed E-state index contributed by atoms with van der Waals surface area (Å²) in [5, 5.41) is 0. The second kappa shape index (κ2) is 6.17. The fourth-order valence-electron chi connectivity index (χ4n) is 1.29. The van der Waals surface area contributed by atoms with Crippen molar-refractivity contribution in [2.45, 2.75) is 25.9 Å². The number of ether oxygens (including phenoxy) is 1. The molecule has 0 saturated carbocycles. The Hall–Kier alpha value is -1.38. The third-order valence-electron chi connectivity index (χ3n) is 2.07. The summed E-state index contributed by atoms with van der Waals surface area (Å²) in [6, 6.07) is 9.53. The van der Waals surface area contributed by atoms with Crippen LogP contribution in [-0.4, -0.2) is 18.7 Å². The Kier molecular flexibility index (Phi) is 4.81. The normalized spacial score (nSPS) is 12.1. The molecule has 1 rings (SSSR count). The van der Waals surface area contributed by atoms with Crippen molar-refractivity contribution in [3.05, 3.63) is 35.9 Å². The maximum atomic E-state index is 13.2. The van der Waals surface area contributed by atoms with Gasteiger partial charge in [-0.15, -0.1) is 0 Å². The molecule has 0 radical (unpaired) electrons. The zero-order valence-corrected chi connectivity index (χ0v) is 8.78. The lowest BCUT2D eigenvalue weighted by molar-refractivity contribution is -0.149. The van der Waals surface area contributed by atoms with Crippen molar-refractivity contribution in [1.29, 1.82) is 0 Å². The van der Waals surface area contributed by atoms with E-state index in [2.05, 4.69) is 4.74 Å². The Morgan fingerprint density at radius 1 is 1.40 bits per heavy atom. The number of aryl methyl sites for hydroxylation is 1. The Morgan fingerprint density at radius 3 is 2.67 bits per heavy atom. The second-order valence-electron chi connectivity index (χ2n) is 3.24. The first-order valence-electron chi connectivity index (χ1n) is 5.08. The Balaban J connectivity index is 2.34. The molecule has 0 N–H and O–H groups in total. The molecule has 2 nitrogen and oxygen atoms in total. The first-order valence-corrected chi connectivity index (χ1v) is 5.08. The molecule has 0 bridgehead atoms. The van der Waals surface area contributed by atoms with E-state index in [1.54, 1.807) is 6.92 Å². The molecule has 0 heterocycles. The highest BCUT2D eigenvalue weighted by Crippen LogP contribution is 2.08. The average molecular weight is 210 g/mol. The van der Waals surface area contributed by atoms with Gasteiger partial charge in [-0.3, -0.25) is 0 Å². The second-order valence-corrected chi connectivity index (χ2v) is 3.24. The van der Waals surface area contributed by atoms with Gasteiger partial charge >= 0.3 is 5.97 Å². The number of hydrogen-bond donors (Lipinski definition) is 0. The summed E-state index contributed by atoms with van der Waals surface area (Å²) in [6.07, 6.45) is -0.769. The van der Waals surface area contributed by atoms with Crippen LogP contribution < -0.4 is 0 Å². The van der Waals surface area contributed by atoms with Gasteiger partial charge in [-0.05, 0) is 25.3 Å². The van der Waals surface area contributed by atoms with E-state index in [1.165, 1.54) is 0 Å². The fourth-order valence-corrected chi connectivity index (χ4v) is 1.29. The van der Waals surface area contributed by atoms with E-state index in [0.717, 1.165) is 5.56 Å². The van der Waals surface area contributed by atoms with E-state index >= 15 is 0 Å². The third-order valence-corrected chi connectivity index (χ3v) is 2.07. The molecule has 0 aliphatic carbocycles. The third kappa shape index (κ3) is 4.11. The molecular formula is C12H15FO2. The first-order chi connectivity index (χ1) is 7.24. The molecule has 0 aromatic heterocycles. The molecule has 1 atom stereocenters. The molecule has 0 aliphatic rings. The molecule has 0 unspecified atom stereocenters. The van der Waals surface area contributed by atoms with Crippen molar-refractivity contribution < 1.29 is 13.9 Å². The Morgan fingerprint density at radius 2 is 2.07 bits per heavy atom. The van der Waals surface area contributed by atoms with Gasteiger partial charge in [0, 0.05) is 0 Å². The number of carbonyl (C=O) groups is 1. The van der Waals surface area contributed by atoms with Gasteiger partial charge in [0.1, 0.15) is 0 Å². The van der Waals surface area contributed by atoms with Crippen molar-refractivity contribution in [2.24, 2.45) is 0 Å². The van der Waals surface area contributed by atoms with Gasteiger partial charge in [0.15, 0.2) is 6.17 Å². The molecule has 0 spiro atoms. The summed E-state index contributed by atoms with van der Waals surface area (Å²) in [6.45, 7) is 1.90. The maximum absolute atomic E-state index is 13.2. The number of hydrogen-bond acceptors (Lipinski definition) is 2. The van der Waals surface area contributed by atoms with Crippen LogP contribution in [0.15, 0.2) is 30.3 Å². The van der Waals surface area contributed by atoms with Gasteiger partial charge in [0.25, 0.3) is 0 Å². The molecule has 0 saturated heterocycles. The zero-order valence-electron chi connectivity index (χ0n) is 8.78. The molecule has 0 aliphatic heterocycles. The molecule has 1 aromatic rings. The summed E-state index contributed by atoms with van der Waals surface area (Å²) >= 11 is 0. The highest BCUT2D eigenvalue weighted by Gasteiger charge is 2.17. The molecule has 0 fully saturated rings. The molecule has 82 valence electrons. The van der Waals surface area contributed by atoms with E-state index < -0.39 is 12.1 Å². The van der Waals surface area contributed by atoms with Crippen molar-refractivity contribution >= 4 is 5.97 Å². The minimum atomic E-state index is -1.51. The number of halogens is 1. The van der Waals surface area contributed by atoms with Crippen molar-refractivity contribution in [1.82, 2.24) is 0 Å². The van der Waals surface area contributed by atoms with Crippen molar-refractivity contribution in [3.8, 4) is 0 Å². The van der Waals surface area contributed by atoms with Crippen LogP contribution in [-0.2, 0) is 16.0 Å². The van der Waals surface area contributed by atoms with Crippen LogP contribution in [0, 0.1) is 0 Å². The average Bonchev–Trinajstić information content (AvgIpc) is 2.27. The van der Waals surface area contributed by atoms with Gasteiger partial charge in [-0.25, -0.2) is 9.18 Å². The highest BCUT2D eigenvalue weighted by molar-refractivity contribution is 5.74. The van der Waals surface area contributed by atoms with E-state index in [4.69, 9.17) is 0 Å². The number of rotatable bonds is 5. The molecule has 1 aromatic carbocycles. The lowest BCUT2D eigenvalue weighted by atomic mass is 10.1.